The summed E-state index contributed by atoms with van der Waals surface area (Å²) in [7, 11) is 0. The van der Waals surface area contributed by atoms with E-state index in [-0.39, 0.29) is 11.4 Å². The number of hydrogen-bond acceptors (Lipinski definition) is 2. The Bertz CT molecular complexity index is 392. The second-order valence-corrected chi connectivity index (χ2v) is 4.70. The molecule has 0 fully saturated rings. The molecule has 1 unspecified atom stereocenters. The first kappa shape index (κ1) is 11.4. The highest BCUT2D eigenvalue weighted by Crippen LogP contribution is 2.41. The molecule has 1 heterocycles. The first-order valence-corrected chi connectivity index (χ1v) is 5.70. The Kier molecular flexibility index (Phi) is 2.89. The Balaban J connectivity index is 2.34. The van der Waals surface area contributed by atoms with Gasteiger partial charge in [-0.25, -0.2) is 4.39 Å². The summed E-state index contributed by atoms with van der Waals surface area (Å²) in [5, 5.41) is 10.0. The second-order valence-electron chi connectivity index (χ2n) is 4.70. The fourth-order valence-electron chi connectivity index (χ4n) is 2.38. The summed E-state index contributed by atoms with van der Waals surface area (Å²) in [6.07, 6.45) is 1.86. The molecule has 16 heavy (non-hydrogen) atoms. The predicted octanol–water partition coefficient (Wildman–Crippen LogP) is 3.20. The third kappa shape index (κ3) is 2.05. The van der Waals surface area contributed by atoms with Crippen LogP contribution in [-0.4, -0.2) is 10.7 Å². The molecule has 1 aliphatic heterocycles. The van der Waals surface area contributed by atoms with Crippen LogP contribution in [0.5, 0.6) is 5.75 Å². The van der Waals surface area contributed by atoms with Crippen LogP contribution in [0.4, 0.5) is 4.39 Å². The van der Waals surface area contributed by atoms with Gasteiger partial charge in [-0.15, -0.1) is 0 Å². The lowest BCUT2D eigenvalue weighted by atomic mass is 9.87. The van der Waals surface area contributed by atoms with Crippen molar-refractivity contribution < 1.29 is 14.2 Å². The molecule has 1 aliphatic rings. The molecule has 1 aromatic carbocycles. The average molecular weight is 224 g/mol. The molecule has 0 spiro atoms. The molecule has 1 N–H and O–H groups in total. The highest BCUT2D eigenvalue weighted by Gasteiger charge is 2.35. The lowest BCUT2D eigenvalue weighted by Crippen LogP contribution is -2.38. The third-order valence-corrected chi connectivity index (χ3v) is 3.09. The van der Waals surface area contributed by atoms with Crippen LogP contribution in [-0.2, 0) is 0 Å². The van der Waals surface area contributed by atoms with Gasteiger partial charge in [0.15, 0.2) is 0 Å². The van der Waals surface area contributed by atoms with Gasteiger partial charge in [0.1, 0.15) is 17.2 Å². The average Bonchev–Trinajstić information content (AvgIpc) is 2.15. The van der Waals surface area contributed by atoms with E-state index in [0.29, 0.717) is 17.7 Å². The standard InChI is InChI=1S/C13H17FO2/c1-3-6-13(2)8-11(15)10-5-4-9(14)7-12(10)16-13/h4-5,7,11,15H,3,6,8H2,1-2H3/t11-,13?/m0/s1. The Hall–Kier alpha value is -1.09. The summed E-state index contributed by atoms with van der Waals surface area (Å²) >= 11 is 0. The fourth-order valence-corrected chi connectivity index (χ4v) is 2.38. The van der Waals surface area contributed by atoms with Gasteiger partial charge in [0.05, 0.1) is 6.10 Å². The van der Waals surface area contributed by atoms with Crippen molar-refractivity contribution in [2.45, 2.75) is 44.8 Å². The van der Waals surface area contributed by atoms with Gasteiger partial charge in [0.2, 0.25) is 0 Å². The molecule has 0 saturated heterocycles. The van der Waals surface area contributed by atoms with Gasteiger partial charge in [-0.05, 0) is 25.5 Å². The van der Waals surface area contributed by atoms with Gasteiger partial charge in [0, 0.05) is 18.1 Å². The molecule has 2 atom stereocenters. The van der Waals surface area contributed by atoms with Gasteiger partial charge in [-0.1, -0.05) is 13.3 Å². The van der Waals surface area contributed by atoms with Crippen molar-refractivity contribution in [2.24, 2.45) is 0 Å². The molecular weight excluding hydrogens is 207 g/mol. The Morgan fingerprint density at radius 3 is 3.00 bits per heavy atom. The lowest BCUT2D eigenvalue weighted by Gasteiger charge is -2.38. The number of rotatable bonds is 2. The summed E-state index contributed by atoms with van der Waals surface area (Å²) in [6, 6.07) is 4.31. The fraction of sp³-hybridized carbons (Fsp3) is 0.538. The van der Waals surface area contributed by atoms with Crippen LogP contribution in [0.25, 0.3) is 0 Å². The Morgan fingerprint density at radius 1 is 1.56 bits per heavy atom. The summed E-state index contributed by atoms with van der Waals surface area (Å²) in [5.74, 6) is 0.154. The van der Waals surface area contributed by atoms with E-state index in [9.17, 15) is 9.50 Å². The normalized spacial score (nSPS) is 28.4. The number of benzene rings is 1. The zero-order chi connectivity index (χ0) is 11.8. The van der Waals surface area contributed by atoms with Crippen molar-refractivity contribution in [1.82, 2.24) is 0 Å². The molecule has 3 heteroatoms. The number of halogens is 1. The maximum absolute atomic E-state index is 13.1. The van der Waals surface area contributed by atoms with Crippen molar-refractivity contribution in [2.75, 3.05) is 0 Å². The smallest absolute Gasteiger partial charge is 0.128 e. The van der Waals surface area contributed by atoms with Crippen LogP contribution in [0.3, 0.4) is 0 Å². The van der Waals surface area contributed by atoms with E-state index in [4.69, 9.17) is 4.74 Å². The first-order valence-electron chi connectivity index (χ1n) is 5.70. The van der Waals surface area contributed by atoms with Crippen molar-refractivity contribution >= 4 is 0 Å². The van der Waals surface area contributed by atoms with Gasteiger partial charge in [-0.2, -0.15) is 0 Å². The van der Waals surface area contributed by atoms with Crippen molar-refractivity contribution in [1.29, 1.82) is 0 Å². The summed E-state index contributed by atoms with van der Waals surface area (Å²) in [6.45, 7) is 4.04. The van der Waals surface area contributed by atoms with E-state index in [1.807, 2.05) is 6.92 Å². The van der Waals surface area contributed by atoms with E-state index >= 15 is 0 Å². The minimum absolute atomic E-state index is 0.327. The predicted molar refractivity (Wildman–Crippen MR) is 59.9 cm³/mol. The number of aliphatic hydroxyl groups excluding tert-OH is 1. The molecule has 0 saturated carbocycles. The molecular formula is C13H17FO2. The summed E-state index contributed by atoms with van der Waals surface area (Å²) < 4.78 is 18.9. The molecule has 1 aromatic rings. The van der Waals surface area contributed by atoms with Crippen LogP contribution in [0, 0.1) is 5.82 Å². The van der Waals surface area contributed by atoms with E-state index in [1.54, 1.807) is 6.07 Å². The van der Waals surface area contributed by atoms with Crippen molar-refractivity contribution in [3.05, 3.63) is 29.6 Å². The van der Waals surface area contributed by atoms with Gasteiger partial charge >= 0.3 is 0 Å². The minimum atomic E-state index is -0.555. The van der Waals surface area contributed by atoms with Gasteiger partial charge in [0.25, 0.3) is 0 Å². The van der Waals surface area contributed by atoms with Crippen LogP contribution in [0.1, 0.15) is 44.8 Å². The highest BCUT2D eigenvalue weighted by atomic mass is 19.1. The van der Waals surface area contributed by atoms with Crippen LogP contribution in [0.15, 0.2) is 18.2 Å². The highest BCUT2D eigenvalue weighted by molar-refractivity contribution is 5.38. The molecule has 2 nitrogen and oxygen atoms in total. The maximum Gasteiger partial charge on any atom is 0.128 e. The Morgan fingerprint density at radius 2 is 2.31 bits per heavy atom. The third-order valence-electron chi connectivity index (χ3n) is 3.09. The van der Waals surface area contributed by atoms with Crippen LogP contribution >= 0.6 is 0 Å². The monoisotopic (exact) mass is 224 g/mol. The maximum atomic E-state index is 13.1. The molecule has 0 radical (unpaired) electrons. The molecule has 2 rings (SSSR count). The first-order chi connectivity index (χ1) is 7.54. The summed E-state index contributed by atoms with van der Waals surface area (Å²) in [5.41, 5.74) is 0.310. The van der Waals surface area contributed by atoms with Crippen molar-refractivity contribution in [3.8, 4) is 5.75 Å². The van der Waals surface area contributed by atoms with Crippen LogP contribution in [0.2, 0.25) is 0 Å². The lowest BCUT2D eigenvalue weighted by molar-refractivity contribution is -0.00761. The van der Waals surface area contributed by atoms with Gasteiger partial charge in [-0.3, -0.25) is 0 Å². The number of ether oxygens (including phenoxy) is 1. The molecule has 0 bridgehead atoms. The van der Waals surface area contributed by atoms with E-state index < -0.39 is 6.10 Å². The quantitative estimate of drug-likeness (QED) is 0.835. The van der Waals surface area contributed by atoms with Crippen molar-refractivity contribution in [3.63, 3.8) is 0 Å². The number of hydrogen-bond donors (Lipinski definition) is 1. The Labute approximate surface area is 95.1 Å². The topological polar surface area (TPSA) is 29.5 Å². The SMILES string of the molecule is CCCC1(C)C[C@H](O)c2ccc(F)cc2O1. The largest absolute Gasteiger partial charge is 0.487 e. The van der Waals surface area contributed by atoms with Crippen LogP contribution < -0.4 is 4.74 Å². The van der Waals surface area contributed by atoms with E-state index in [1.165, 1.54) is 12.1 Å². The second kappa shape index (κ2) is 4.06. The molecule has 88 valence electrons. The van der Waals surface area contributed by atoms with E-state index in [0.717, 1.165) is 12.8 Å². The summed E-state index contributed by atoms with van der Waals surface area (Å²) in [4.78, 5) is 0. The zero-order valence-corrected chi connectivity index (χ0v) is 9.66. The van der Waals surface area contributed by atoms with Gasteiger partial charge < -0.3 is 9.84 Å². The molecule has 0 aliphatic carbocycles. The molecule has 0 aromatic heterocycles. The van der Waals surface area contributed by atoms with E-state index in [2.05, 4.69) is 6.92 Å². The minimum Gasteiger partial charge on any atom is -0.487 e. The zero-order valence-electron chi connectivity index (χ0n) is 9.66. The number of fused-ring (bicyclic) bond motifs is 1. The molecule has 0 amide bonds. The number of aliphatic hydroxyl groups is 1.